The summed E-state index contributed by atoms with van der Waals surface area (Å²) >= 11 is 0. The number of aliphatic hydroxyl groups is 1. The van der Waals surface area contributed by atoms with E-state index in [0.29, 0.717) is 5.69 Å². The van der Waals surface area contributed by atoms with Crippen LogP contribution in [0.1, 0.15) is 30.5 Å². The molecular weight excluding hydrogens is 618 g/mol. The molecule has 1 heterocycles. The van der Waals surface area contributed by atoms with Gasteiger partial charge < -0.3 is 59.4 Å². The first-order valence-electron chi connectivity index (χ1n) is 14.5. The summed E-state index contributed by atoms with van der Waals surface area (Å²) in [4.78, 5) is 86.3. The number of carbonyl (C=O) groups excluding carboxylic acids is 5. The van der Waals surface area contributed by atoms with E-state index in [9.17, 15) is 39.0 Å². The Morgan fingerprint density at radius 2 is 1.43 bits per heavy atom. The molecule has 0 saturated carbocycles. The van der Waals surface area contributed by atoms with E-state index in [1.54, 1.807) is 24.3 Å². The predicted molar refractivity (Wildman–Crippen MR) is 167 cm³/mol. The molecule has 0 fully saturated rings. The number of guanidine groups is 1. The van der Waals surface area contributed by atoms with Crippen molar-refractivity contribution in [3.05, 3.63) is 54.1 Å². The predicted octanol–water partition coefficient (Wildman–Crippen LogP) is -4.53. The normalized spacial score (nSPS) is 13.9. The highest BCUT2D eigenvalue weighted by atomic mass is 16.4. The molecule has 1 aromatic carbocycles. The van der Waals surface area contributed by atoms with Gasteiger partial charge >= 0.3 is 5.97 Å². The lowest BCUT2D eigenvalue weighted by Gasteiger charge is -2.26. The summed E-state index contributed by atoms with van der Waals surface area (Å²) in [7, 11) is 0. The van der Waals surface area contributed by atoms with E-state index >= 15 is 0 Å². The molecule has 2 rings (SSSR count). The molecule has 5 atom stereocenters. The lowest BCUT2D eigenvalue weighted by molar-refractivity contribution is -0.141. The van der Waals surface area contributed by atoms with Gasteiger partial charge in [0.05, 0.1) is 25.4 Å². The Kier molecular flexibility index (Phi) is 15.3. The van der Waals surface area contributed by atoms with Crippen LogP contribution in [0, 0.1) is 0 Å². The summed E-state index contributed by atoms with van der Waals surface area (Å²) in [6, 6.07) is 2.03. The lowest BCUT2D eigenvalue weighted by atomic mass is 10.0. The Morgan fingerprint density at radius 3 is 2.00 bits per heavy atom. The van der Waals surface area contributed by atoms with Crippen molar-refractivity contribution in [3.63, 3.8) is 0 Å². The molecule has 15 N–H and O–H groups in total. The number of imidazole rings is 1. The Balaban J connectivity index is 2.28. The number of carbonyl (C=O) groups is 6. The third-order valence-corrected chi connectivity index (χ3v) is 6.68. The summed E-state index contributed by atoms with van der Waals surface area (Å²) in [5.74, 6) is -6.30. The van der Waals surface area contributed by atoms with Crippen LogP contribution in [-0.4, -0.2) is 105 Å². The first-order valence-corrected chi connectivity index (χ1v) is 14.5. The molecular formula is C28H41N11O8. The number of nitrogens with one attached hydrogen (secondary N) is 5. The number of nitrogens with two attached hydrogens (primary N) is 4. The summed E-state index contributed by atoms with van der Waals surface area (Å²) in [5, 5.41) is 28.1. The summed E-state index contributed by atoms with van der Waals surface area (Å²) in [5.41, 5.74) is 23.2. The summed E-state index contributed by atoms with van der Waals surface area (Å²) in [6.45, 7) is -0.749. The number of rotatable bonds is 20. The van der Waals surface area contributed by atoms with Crippen LogP contribution < -0.4 is 44.2 Å². The van der Waals surface area contributed by atoms with Crippen molar-refractivity contribution in [2.24, 2.45) is 27.9 Å². The van der Waals surface area contributed by atoms with Crippen molar-refractivity contribution in [2.45, 2.75) is 62.3 Å². The third-order valence-electron chi connectivity index (χ3n) is 6.68. The van der Waals surface area contributed by atoms with Gasteiger partial charge in [0.1, 0.15) is 24.2 Å². The number of benzene rings is 1. The number of hydrogen-bond acceptors (Lipinski definition) is 10. The molecule has 1 aromatic heterocycles. The Bertz CT molecular complexity index is 1380. The maximum absolute atomic E-state index is 13.6. The van der Waals surface area contributed by atoms with Crippen molar-refractivity contribution in [3.8, 4) is 0 Å². The largest absolute Gasteiger partial charge is 0.481 e. The van der Waals surface area contributed by atoms with Crippen LogP contribution in [0.25, 0.3) is 0 Å². The SMILES string of the molecule is NC(=O)[C@H](CO)NC(=O)[C@H](CC(=O)O)NC(=O)[C@H](Cc1cnc[nH]1)NC(=O)[C@H](CCCN=C(N)N)NC(=O)[C@@H](N)Cc1ccccc1. The first kappa shape index (κ1) is 37.6. The Labute approximate surface area is 269 Å². The number of carboxylic acid groups (broad SMARTS) is 1. The number of aliphatic carboxylic acids is 1. The van der Waals surface area contributed by atoms with Gasteiger partial charge in [0, 0.05) is 24.9 Å². The fourth-order valence-electron chi connectivity index (χ4n) is 4.24. The molecule has 2 aromatic rings. The van der Waals surface area contributed by atoms with Gasteiger partial charge in [0.25, 0.3) is 0 Å². The van der Waals surface area contributed by atoms with E-state index in [1.165, 1.54) is 12.5 Å². The van der Waals surface area contributed by atoms with Crippen LogP contribution >= 0.6 is 0 Å². The van der Waals surface area contributed by atoms with Crippen LogP contribution in [0.5, 0.6) is 0 Å². The van der Waals surface area contributed by atoms with E-state index in [1.807, 2.05) is 6.07 Å². The molecule has 0 aliphatic rings. The zero-order chi connectivity index (χ0) is 34.9. The number of aromatic amines is 1. The van der Waals surface area contributed by atoms with E-state index < -0.39 is 78.7 Å². The number of aromatic nitrogens is 2. The standard InChI is InChI=1S/C28H41N11O8/c29-17(9-15-5-2-1-3-6-15)24(44)36-18(7-4-8-34-28(31)32)25(45)37-19(10-16-12-33-14-35-16)26(46)38-20(11-22(41)42)27(47)39-21(13-40)23(30)43/h1-3,5-6,12,14,17-21,40H,4,7-11,13,29H2,(H2,30,43)(H,33,35)(H,36,44)(H,37,45)(H,38,46)(H,39,47)(H,41,42)(H4,31,32,34)/t17-,18-,19-,20-,21-/m0/s1. The van der Waals surface area contributed by atoms with Crippen molar-refractivity contribution in [2.75, 3.05) is 13.2 Å². The van der Waals surface area contributed by atoms with Crippen molar-refractivity contribution in [1.82, 2.24) is 31.2 Å². The monoisotopic (exact) mass is 659 g/mol. The molecule has 0 unspecified atom stereocenters. The maximum Gasteiger partial charge on any atom is 0.305 e. The molecule has 19 nitrogen and oxygen atoms in total. The topological polar surface area (TPSA) is 336 Å². The van der Waals surface area contributed by atoms with Gasteiger partial charge in [-0.1, -0.05) is 30.3 Å². The van der Waals surface area contributed by atoms with Gasteiger partial charge in [-0.05, 0) is 24.8 Å². The Hall–Kier alpha value is -5.56. The highest BCUT2D eigenvalue weighted by Gasteiger charge is 2.32. The number of amides is 5. The molecule has 5 amide bonds. The lowest BCUT2D eigenvalue weighted by Crippen LogP contribution is -2.59. The average molecular weight is 660 g/mol. The molecule has 256 valence electrons. The van der Waals surface area contributed by atoms with Gasteiger partial charge in [0.15, 0.2) is 5.96 Å². The molecule has 0 bridgehead atoms. The van der Waals surface area contributed by atoms with Crippen LogP contribution in [0.15, 0.2) is 47.8 Å². The van der Waals surface area contributed by atoms with E-state index in [-0.39, 0.29) is 38.2 Å². The second kappa shape index (κ2) is 19.1. The number of primary amides is 1. The minimum atomic E-state index is -1.74. The molecule has 0 spiro atoms. The second-order valence-corrected chi connectivity index (χ2v) is 10.5. The molecule has 19 heteroatoms. The number of aliphatic hydroxyl groups excluding tert-OH is 1. The van der Waals surface area contributed by atoms with Gasteiger partial charge in [0.2, 0.25) is 29.5 Å². The van der Waals surface area contributed by atoms with E-state index in [0.717, 1.165) is 5.56 Å². The van der Waals surface area contributed by atoms with Gasteiger partial charge in [-0.25, -0.2) is 4.98 Å². The fraction of sp³-hybridized carbons (Fsp3) is 0.429. The summed E-state index contributed by atoms with van der Waals surface area (Å²) < 4.78 is 0. The quantitative estimate of drug-likeness (QED) is 0.0364. The molecule has 0 saturated heterocycles. The van der Waals surface area contributed by atoms with Gasteiger partial charge in [-0.3, -0.25) is 33.8 Å². The van der Waals surface area contributed by atoms with Crippen molar-refractivity contribution >= 4 is 41.5 Å². The van der Waals surface area contributed by atoms with E-state index in [4.69, 9.17) is 22.9 Å². The zero-order valence-corrected chi connectivity index (χ0v) is 25.4. The van der Waals surface area contributed by atoms with Crippen LogP contribution in [0.2, 0.25) is 0 Å². The second-order valence-electron chi connectivity index (χ2n) is 10.5. The number of H-pyrrole nitrogens is 1. The minimum absolute atomic E-state index is 0.0323. The summed E-state index contributed by atoms with van der Waals surface area (Å²) in [6.07, 6.45) is 2.05. The van der Waals surface area contributed by atoms with Gasteiger partial charge in [-0.15, -0.1) is 0 Å². The fourth-order valence-corrected chi connectivity index (χ4v) is 4.24. The van der Waals surface area contributed by atoms with Crippen LogP contribution in [0.3, 0.4) is 0 Å². The van der Waals surface area contributed by atoms with Gasteiger partial charge in [-0.2, -0.15) is 0 Å². The molecule has 47 heavy (non-hydrogen) atoms. The van der Waals surface area contributed by atoms with Crippen LogP contribution in [0.4, 0.5) is 0 Å². The average Bonchev–Trinajstić information content (AvgIpc) is 3.53. The first-order chi connectivity index (χ1) is 22.3. The highest BCUT2D eigenvalue weighted by Crippen LogP contribution is 2.07. The molecule has 0 aliphatic carbocycles. The smallest absolute Gasteiger partial charge is 0.305 e. The maximum atomic E-state index is 13.6. The highest BCUT2D eigenvalue weighted by molar-refractivity contribution is 5.97. The van der Waals surface area contributed by atoms with Crippen molar-refractivity contribution in [1.29, 1.82) is 0 Å². The third kappa shape index (κ3) is 13.5. The van der Waals surface area contributed by atoms with Crippen molar-refractivity contribution < 1.29 is 39.0 Å². The zero-order valence-electron chi connectivity index (χ0n) is 25.4. The Morgan fingerprint density at radius 1 is 0.830 bits per heavy atom. The number of hydrogen-bond donors (Lipinski definition) is 11. The molecule has 0 aliphatic heterocycles. The minimum Gasteiger partial charge on any atom is -0.481 e. The number of nitrogens with zero attached hydrogens (tertiary/aromatic N) is 2. The van der Waals surface area contributed by atoms with E-state index in [2.05, 4.69) is 36.2 Å². The number of carboxylic acids is 1. The molecule has 0 radical (unpaired) electrons. The number of aliphatic imine (C=N–C) groups is 1. The van der Waals surface area contributed by atoms with Crippen LogP contribution in [-0.2, 0) is 41.6 Å².